The van der Waals surface area contributed by atoms with E-state index >= 15 is 0 Å². The van der Waals surface area contributed by atoms with Crippen molar-refractivity contribution in [1.29, 1.82) is 0 Å². The Morgan fingerprint density at radius 3 is 2.52 bits per heavy atom. The number of ether oxygens (including phenoxy) is 1. The minimum Gasteiger partial charge on any atom is -0.497 e. The summed E-state index contributed by atoms with van der Waals surface area (Å²) in [5.41, 5.74) is 0.597. The molecule has 1 aromatic heterocycles. The van der Waals surface area contributed by atoms with Crippen molar-refractivity contribution in [2.75, 3.05) is 12.9 Å². The molecule has 0 atom stereocenters. The van der Waals surface area contributed by atoms with Gasteiger partial charge in [-0.05, 0) is 24.3 Å². The minimum absolute atomic E-state index is 0.184. The monoisotopic (exact) mass is 305 g/mol. The van der Waals surface area contributed by atoms with Crippen molar-refractivity contribution in [3.8, 4) is 17.1 Å². The molecule has 2 rings (SSSR count). The Morgan fingerprint density at radius 2 is 1.95 bits per heavy atom. The van der Waals surface area contributed by atoms with Crippen LogP contribution in [0, 0.1) is 5.41 Å². The Kier molecular flexibility index (Phi) is 4.67. The number of aromatic nitrogens is 3. The van der Waals surface area contributed by atoms with Crippen LogP contribution in [0.3, 0.4) is 0 Å². The normalized spacial score (nSPS) is 11.4. The second-order valence-electron chi connectivity index (χ2n) is 5.66. The second kappa shape index (κ2) is 6.30. The van der Waals surface area contributed by atoms with Gasteiger partial charge in [0.15, 0.2) is 5.82 Å². The molecule has 5 nitrogen and oxygen atoms in total. The first-order valence-corrected chi connectivity index (χ1v) is 7.61. The van der Waals surface area contributed by atoms with E-state index in [0.717, 1.165) is 11.3 Å². The number of methoxy groups -OCH3 is 1. The Morgan fingerprint density at radius 1 is 1.29 bits per heavy atom. The number of thioether (sulfide) groups is 1. The summed E-state index contributed by atoms with van der Waals surface area (Å²) in [6.07, 6.45) is 0. The molecule has 0 fully saturated rings. The zero-order valence-corrected chi connectivity index (χ0v) is 13.5. The Bertz CT molecular complexity index is 615. The summed E-state index contributed by atoms with van der Waals surface area (Å²) >= 11 is 1.35. The number of hydrogen-bond acceptors (Lipinski definition) is 5. The Balaban J connectivity index is 2.02. The lowest BCUT2D eigenvalue weighted by atomic mass is 9.92. The molecule has 2 aromatic rings. The molecule has 6 heteroatoms. The van der Waals surface area contributed by atoms with Crippen LogP contribution in [0.5, 0.6) is 5.75 Å². The first-order valence-electron chi connectivity index (χ1n) is 6.63. The van der Waals surface area contributed by atoms with Crippen LogP contribution in [-0.2, 0) is 4.79 Å². The summed E-state index contributed by atoms with van der Waals surface area (Å²) in [6, 6.07) is 7.56. The third kappa shape index (κ3) is 4.07. The fourth-order valence-corrected chi connectivity index (χ4v) is 2.49. The van der Waals surface area contributed by atoms with Crippen LogP contribution in [0.4, 0.5) is 0 Å². The molecule has 1 heterocycles. The molecule has 1 N–H and O–H groups in total. The maximum Gasteiger partial charge on any atom is 0.209 e. The predicted octanol–water partition coefficient (Wildman–Crippen LogP) is 3.19. The lowest BCUT2D eigenvalue weighted by Gasteiger charge is -2.15. The van der Waals surface area contributed by atoms with Gasteiger partial charge in [0.25, 0.3) is 0 Å². The number of carbonyl (C=O) groups is 1. The molecule has 0 amide bonds. The molecule has 112 valence electrons. The van der Waals surface area contributed by atoms with E-state index in [0.29, 0.717) is 16.7 Å². The van der Waals surface area contributed by atoms with E-state index in [2.05, 4.69) is 15.2 Å². The molecule has 0 radical (unpaired) electrons. The molecule has 0 aliphatic rings. The Hall–Kier alpha value is -1.82. The van der Waals surface area contributed by atoms with Gasteiger partial charge in [-0.3, -0.25) is 9.89 Å². The van der Waals surface area contributed by atoms with Gasteiger partial charge >= 0.3 is 0 Å². The number of hydrogen-bond donors (Lipinski definition) is 1. The fraction of sp³-hybridized carbons (Fsp3) is 0.400. The van der Waals surface area contributed by atoms with E-state index < -0.39 is 0 Å². The average Bonchev–Trinajstić information content (AvgIpc) is 2.92. The van der Waals surface area contributed by atoms with Gasteiger partial charge in [-0.1, -0.05) is 32.5 Å². The Labute approximate surface area is 128 Å². The van der Waals surface area contributed by atoms with Crippen molar-refractivity contribution in [3.05, 3.63) is 24.3 Å². The number of ketones is 1. The number of nitrogens with zero attached hydrogens (tertiary/aromatic N) is 2. The highest BCUT2D eigenvalue weighted by atomic mass is 32.2. The van der Waals surface area contributed by atoms with E-state index in [1.54, 1.807) is 7.11 Å². The molecule has 0 aliphatic carbocycles. The van der Waals surface area contributed by atoms with Gasteiger partial charge in [0.1, 0.15) is 11.5 Å². The van der Waals surface area contributed by atoms with Crippen LogP contribution in [0.25, 0.3) is 11.4 Å². The van der Waals surface area contributed by atoms with Crippen LogP contribution in [0.2, 0.25) is 0 Å². The molecular formula is C15H19N3O2S. The van der Waals surface area contributed by atoms with Crippen LogP contribution in [-0.4, -0.2) is 33.8 Å². The molecule has 1 aromatic carbocycles. The van der Waals surface area contributed by atoms with Crippen molar-refractivity contribution in [1.82, 2.24) is 15.2 Å². The van der Waals surface area contributed by atoms with E-state index in [1.165, 1.54) is 11.8 Å². The van der Waals surface area contributed by atoms with Gasteiger partial charge in [-0.15, -0.1) is 5.10 Å². The molecule has 21 heavy (non-hydrogen) atoms. The highest BCUT2D eigenvalue weighted by Gasteiger charge is 2.21. The summed E-state index contributed by atoms with van der Waals surface area (Å²) in [5, 5.41) is 7.60. The number of nitrogens with one attached hydrogen (secondary N) is 1. The summed E-state index contributed by atoms with van der Waals surface area (Å²) in [7, 11) is 1.63. The van der Waals surface area contributed by atoms with Gasteiger partial charge < -0.3 is 4.74 Å². The van der Waals surface area contributed by atoms with Gasteiger partial charge in [0.05, 0.1) is 12.9 Å². The lowest BCUT2D eigenvalue weighted by molar-refractivity contribution is -0.123. The smallest absolute Gasteiger partial charge is 0.209 e. The first kappa shape index (κ1) is 15.6. The van der Waals surface area contributed by atoms with Crippen molar-refractivity contribution in [3.63, 3.8) is 0 Å². The van der Waals surface area contributed by atoms with Crippen LogP contribution >= 0.6 is 11.8 Å². The number of benzene rings is 1. The molecular weight excluding hydrogens is 286 g/mol. The molecule has 0 aliphatic heterocycles. The van der Waals surface area contributed by atoms with Gasteiger partial charge in [-0.25, -0.2) is 4.98 Å². The molecule has 0 saturated heterocycles. The standard InChI is InChI=1S/C15H19N3O2S/c1-15(2,3)12(19)9-21-14-16-13(17-18-14)10-5-7-11(20-4)8-6-10/h5-8H,9H2,1-4H3,(H,16,17,18). The van der Waals surface area contributed by atoms with Crippen molar-refractivity contribution >= 4 is 17.5 Å². The fourth-order valence-electron chi connectivity index (χ4n) is 1.54. The van der Waals surface area contributed by atoms with E-state index in [-0.39, 0.29) is 11.2 Å². The SMILES string of the molecule is COc1ccc(-c2nc(SCC(=O)C(C)(C)C)n[nH]2)cc1. The molecule has 0 saturated carbocycles. The third-order valence-electron chi connectivity index (χ3n) is 3.00. The number of H-pyrrole nitrogens is 1. The van der Waals surface area contributed by atoms with E-state index in [4.69, 9.17) is 4.74 Å². The summed E-state index contributed by atoms with van der Waals surface area (Å²) in [5.74, 6) is 2.04. The highest BCUT2D eigenvalue weighted by Crippen LogP contribution is 2.24. The number of Topliss-reactive ketones (excluding diaryl/α,β-unsaturated/α-hetero) is 1. The molecule has 0 unspecified atom stereocenters. The van der Waals surface area contributed by atoms with Gasteiger partial charge in [0.2, 0.25) is 5.16 Å². The van der Waals surface area contributed by atoms with Gasteiger partial charge in [0, 0.05) is 11.0 Å². The van der Waals surface area contributed by atoms with Crippen LogP contribution < -0.4 is 4.74 Å². The predicted molar refractivity (Wildman–Crippen MR) is 83.6 cm³/mol. The van der Waals surface area contributed by atoms with Crippen LogP contribution in [0.15, 0.2) is 29.4 Å². The van der Waals surface area contributed by atoms with Crippen molar-refractivity contribution < 1.29 is 9.53 Å². The van der Waals surface area contributed by atoms with Crippen molar-refractivity contribution in [2.45, 2.75) is 25.9 Å². The van der Waals surface area contributed by atoms with E-state index in [1.807, 2.05) is 45.0 Å². The molecule has 0 bridgehead atoms. The first-order chi connectivity index (χ1) is 9.90. The quantitative estimate of drug-likeness (QED) is 0.859. The van der Waals surface area contributed by atoms with Crippen molar-refractivity contribution in [2.24, 2.45) is 5.41 Å². The third-order valence-corrected chi connectivity index (χ3v) is 3.84. The largest absolute Gasteiger partial charge is 0.497 e. The minimum atomic E-state index is -0.331. The number of aromatic amines is 1. The number of carbonyl (C=O) groups excluding carboxylic acids is 1. The number of rotatable bonds is 5. The van der Waals surface area contributed by atoms with E-state index in [9.17, 15) is 4.79 Å². The van der Waals surface area contributed by atoms with Gasteiger partial charge in [-0.2, -0.15) is 0 Å². The summed E-state index contributed by atoms with van der Waals surface area (Å²) < 4.78 is 5.12. The molecule has 0 spiro atoms. The summed E-state index contributed by atoms with van der Waals surface area (Å²) in [6.45, 7) is 5.74. The zero-order chi connectivity index (χ0) is 15.5. The second-order valence-corrected chi connectivity index (χ2v) is 6.60. The maximum absolute atomic E-state index is 11.9. The summed E-state index contributed by atoms with van der Waals surface area (Å²) in [4.78, 5) is 16.3. The zero-order valence-electron chi connectivity index (χ0n) is 12.6. The van der Waals surface area contributed by atoms with Crippen LogP contribution in [0.1, 0.15) is 20.8 Å². The average molecular weight is 305 g/mol. The highest BCUT2D eigenvalue weighted by molar-refractivity contribution is 7.99. The maximum atomic E-state index is 11.9. The lowest BCUT2D eigenvalue weighted by Crippen LogP contribution is -2.22. The topological polar surface area (TPSA) is 67.9 Å².